The molecule has 1 amide bonds. The van der Waals surface area contributed by atoms with Gasteiger partial charge in [-0.3, -0.25) is 15.0 Å². The smallest absolute Gasteiger partial charge is 0.416 e. The number of benzene rings is 2. The number of carbonyl (C=O) groups is 1. The number of hydrogen-bond acceptors (Lipinski definition) is 5. The Hall–Kier alpha value is -2.36. The first-order valence-electron chi connectivity index (χ1n) is 12.8. The van der Waals surface area contributed by atoms with Crippen LogP contribution >= 0.6 is 22.9 Å². The number of thiazole rings is 1. The Morgan fingerprint density at radius 2 is 1.92 bits per heavy atom. The number of carbonyl (C=O) groups excluding carboxylic acids is 1. The normalized spacial score (nSPS) is 15.3. The van der Waals surface area contributed by atoms with Crippen molar-refractivity contribution in [2.75, 3.05) is 18.4 Å². The van der Waals surface area contributed by atoms with Gasteiger partial charge in [0.05, 0.1) is 21.3 Å². The van der Waals surface area contributed by atoms with Crippen molar-refractivity contribution in [1.29, 1.82) is 0 Å². The zero-order valence-corrected chi connectivity index (χ0v) is 23.5. The molecule has 0 radical (unpaired) electrons. The molecule has 0 aliphatic heterocycles. The van der Waals surface area contributed by atoms with Gasteiger partial charge in [0.25, 0.3) is 5.91 Å². The van der Waals surface area contributed by atoms with Crippen molar-refractivity contribution in [2.45, 2.75) is 59.7 Å². The van der Waals surface area contributed by atoms with Crippen molar-refractivity contribution in [3.8, 4) is 5.75 Å². The van der Waals surface area contributed by atoms with Crippen LogP contribution in [0.3, 0.4) is 0 Å². The number of aryl methyl sites for hydroxylation is 1. The zero-order chi connectivity index (χ0) is 27.8. The predicted octanol–water partition coefficient (Wildman–Crippen LogP) is 8.13. The maximum atomic E-state index is 13.2. The van der Waals surface area contributed by atoms with Gasteiger partial charge in [-0.25, -0.2) is 4.98 Å². The number of fused-ring (bicyclic) bond motifs is 1. The van der Waals surface area contributed by atoms with Crippen LogP contribution in [0.1, 0.15) is 67.1 Å². The molecule has 1 aliphatic rings. The molecule has 0 spiro atoms. The van der Waals surface area contributed by atoms with Crippen molar-refractivity contribution < 1.29 is 23.1 Å². The molecule has 2 N–H and O–H groups in total. The third-order valence-corrected chi connectivity index (χ3v) is 8.29. The lowest BCUT2D eigenvalue weighted by molar-refractivity contribution is -0.137. The Bertz CT molecular complexity index is 1320. The highest BCUT2D eigenvalue weighted by Crippen LogP contribution is 2.37. The number of anilines is 1. The quantitative estimate of drug-likeness (QED) is 0.274. The van der Waals surface area contributed by atoms with Gasteiger partial charge in [0.2, 0.25) is 0 Å². The number of nitrogens with one attached hydrogen (secondary N) is 1. The van der Waals surface area contributed by atoms with E-state index in [1.807, 2.05) is 0 Å². The summed E-state index contributed by atoms with van der Waals surface area (Å²) in [6, 6.07) is 5.13. The monoisotopic (exact) mass is 567 g/mol. The molecule has 1 aliphatic carbocycles. The molecule has 5 nitrogen and oxygen atoms in total. The van der Waals surface area contributed by atoms with E-state index in [4.69, 9.17) is 11.6 Å². The van der Waals surface area contributed by atoms with Crippen molar-refractivity contribution in [2.24, 2.45) is 17.8 Å². The second-order valence-corrected chi connectivity index (χ2v) is 12.3. The second-order valence-electron chi connectivity index (χ2n) is 10.8. The highest BCUT2D eigenvalue weighted by atomic mass is 35.5. The fourth-order valence-electron chi connectivity index (χ4n) is 5.05. The van der Waals surface area contributed by atoms with Crippen LogP contribution in [0, 0.1) is 24.7 Å². The molecule has 1 unspecified atom stereocenters. The minimum Gasteiger partial charge on any atom is -0.507 e. The lowest BCUT2D eigenvalue weighted by atomic mass is 9.76. The number of rotatable bonds is 9. The molecule has 10 heteroatoms. The Morgan fingerprint density at radius 1 is 1.21 bits per heavy atom. The lowest BCUT2D eigenvalue weighted by Crippen LogP contribution is -2.35. The summed E-state index contributed by atoms with van der Waals surface area (Å²) in [6.45, 7) is 10.3. The van der Waals surface area contributed by atoms with Crippen LogP contribution in [0.4, 0.5) is 18.3 Å². The third kappa shape index (κ3) is 6.61. The number of amides is 1. The summed E-state index contributed by atoms with van der Waals surface area (Å²) < 4.78 is 40.0. The van der Waals surface area contributed by atoms with Gasteiger partial charge in [-0.15, -0.1) is 0 Å². The van der Waals surface area contributed by atoms with Gasteiger partial charge in [0.1, 0.15) is 5.75 Å². The number of aromatic nitrogens is 1. The van der Waals surface area contributed by atoms with Crippen LogP contribution in [0.25, 0.3) is 10.2 Å². The summed E-state index contributed by atoms with van der Waals surface area (Å²) >= 11 is 7.31. The van der Waals surface area contributed by atoms with E-state index in [1.165, 1.54) is 25.3 Å². The number of halogens is 4. The van der Waals surface area contributed by atoms with Gasteiger partial charge in [0, 0.05) is 30.2 Å². The topological polar surface area (TPSA) is 65.5 Å². The van der Waals surface area contributed by atoms with Gasteiger partial charge < -0.3 is 5.11 Å². The van der Waals surface area contributed by atoms with Gasteiger partial charge in [0.15, 0.2) is 5.13 Å². The molecule has 0 saturated heterocycles. The number of alkyl halides is 3. The molecule has 206 valence electrons. The summed E-state index contributed by atoms with van der Waals surface area (Å²) in [7, 11) is 0. The van der Waals surface area contributed by atoms with E-state index in [1.54, 1.807) is 13.0 Å². The Morgan fingerprint density at radius 3 is 2.53 bits per heavy atom. The summed E-state index contributed by atoms with van der Waals surface area (Å²) in [4.78, 5) is 19.8. The van der Waals surface area contributed by atoms with Crippen molar-refractivity contribution in [1.82, 2.24) is 9.88 Å². The highest BCUT2D eigenvalue weighted by molar-refractivity contribution is 7.22. The van der Waals surface area contributed by atoms with Crippen LogP contribution in [-0.2, 0) is 12.7 Å². The second kappa shape index (κ2) is 11.4. The SMILES string of the molecule is Cc1cc(C(F)(F)F)cc2sc(NC(=O)c3cc(Cl)cc(CN(CC(C)C)CC(C)C4CCC4)c3O)nc12. The fourth-order valence-corrected chi connectivity index (χ4v) is 6.27. The molecule has 1 aromatic heterocycles. The molecule has 1 fully saturated rings. The van der Waals surface area contributed by atoms with Crippen LogP contribution in [0.2, 0.25) is 5.02 Å². The maximum absolute atomic E-state index is 13.2. The number of phenols is 1. The maximum Gasteiger partial charge on any atom is 0.416 e. The predicted molar refractivity (Wildman–Crippen MR) is 147 cm³/mol. The number of phenolic OH excluding ortho intramolecular Hbond substituents is 1. The number of nitrogens with zero attached hydrogens (tertiary/aromatic N) is 2. The molecule has 4 rings (SSSR count). The van der Waals surface area contributed by atoms with Crippen molar-refractivity contribution >= 4 is 44.2 Å². The molecule has 38 heavy (non-hydrogen) atoms. The lowest BCUT2D eigenvalue weighted by Gasteiger charge is -2.36. The molecule has 1 atom stereocenters. The van der Waals surface area contributed by atoms with E-state index in [0.717, 1.165) is 42.5 Å². The van der Waals surface area contributed by atoms with Crippen molar-refractivity contribution in [3.63, 3.8) is 0 Å². The zero-order valence-electron chi connectivity index (χ0n) is 22.0. The van der Waals surface area contributed by atoms with E-state index in [-0.39, 0.29) is 16.4 Å². The number of aromatic hydroxyl groups is 1. The van der Waals surface area contributed by atoms with Crippen LogP contribution in [-0.4, -0.2) is 34.0 Å². The standard InChI is InChI=1S/C28H33ClF3N3O2S/c1-15(2)12-35(13-17(4)18-6-5-7-18)14-19-9-21(29)11-22(25(19)36)26(37)34-27-33-24-16(3)8-20(28(30,31)32)10-23(24)38-27/h8-11,15,17-18,36H,5-7,12-14H2,1-4H3,(H,33,34,37). The Kier molecular flexibility index (Phi) is 8.59. The molecule has 1 saturated carbocycles. The number of hydrogen-bond donors (Lipinski definition) is 2. The molecule has 2 aromatic carbocycles. The summed E-state index contributed by atoms with van der Waals surface area (Å²) in [5.74, 6) is 0.898. The van der Waals surface area contributed by atoms with Gasteiger partial charge in [-0.2, -0.15) is 13.2 Å². The summed E-state index contributed by atoms with van der Waals surface area (Å²) in [5, 5.41) is 14.2. The summed E-state index contributed by atoms with van der Waals surface area (Å²) in [5.41, 5.74) is 0.536. The molecule has 1 heterocycles. The van der Waals surface area contributed by atoms with Crippen LogP contribution in [0.5, 0.6) is 5.75 Å². The highest BCUT2D eigenvalue weighted by Gasteiger charge is 2.32. The fraction of sp³-hybridized carbons (Fsp3) is 0.500. The van der Waals surface area contributed by atoms with Gasteiger partial charge in [-0.05, 0) is 54.5 Å². The molecular formula is C28H33ClF3N3O2S. The van der Waals surface area contributed by atoms with E-state index in [9.17, 15) is 23.1 Å². The average Bonchev–Trinajstić information content (AvgIpc) is 3.16. The first-order valence-corrected chi connectivity index (χ1v) is 14.0. The van der Waals surface area contributed by atoms with Gasteiger partial charge in [-0.1, -0.05) is 63.0 Å². The minimum atomic E-state index is -4.48. The third-order valence-electron chi connectivity index (χ3n) is 7.15. The van der Waals surface area contributed by atoms with E-state index >= 15 is 0 Å². The average molecular weight is 568 g/mol. The largest absolute Gasteiger partial charge is 0.507 e. The van der Waals surface area contributed by atoms with E-state index in [0.29, 0.717) is 44.7 Å². The molecule has 0 bridgehead atoms. The molecule has 3 aromatic rings. The van der Waals surface area contributed by atoms with Crippen LogP contribution in [0.15, 0.2) is 24.3 Å². The minimum absolute atomic E-state index is 0.00371. The summed E-state index contributed by atoms with van der Waals surface area (Å²) in [6.07, 6.45) is -0.683. The van der Waals surface area contributed by atoms with Gasteiger partial charge >= 0.3 is 6.18 Å². The van der Waals surface area contributed by atoms with Crippen LogP contribution < -0.4 is 5.32 Å². The van der Waals surface area contributed by atoms with E-state index < -0.39 is 17.6 Å². The molecular weight excluding hydrogens is 535 g/mol. The first-order chi connectivity index (χ1) is 17.8. The Labute approximate surface area is 230 Å². The first kappa shape index (κ1) is 28.6. The Balaban J connectivity index is 1.56. The van der Waals surface area contributed by atoms with E-state index in [2.05, 4.69) is 36.0 Å². The van der Waals surface area contributed by atoms with Crippen molar-refractivity contribution in [3.05, 3.63) is 51.5 Å².